The molecule has 2 heterocycles. The van der Waals surface area contributed by atoms with Gasteiger partial charge in [0.25, 0.3) is 0 Å². The van der Waals surface area contributed by atoms with E-state index in [1.807, 2.05) is 30.8 Å². The number of nitrogens with two attached hydrogens (primary N) is 1. The summed E-state index contributed by atoms with van der Waals surface area (Å²) in [4.78, 5) is 8.58. The normalized spacial score (nSPS) is 12.8. The van der Waals surface area contributed by atoms with Crippen LogP contribution >= 0.6 is 0 Å². The highest BCUT2D eigenvalue weighted by molar-refractivity contribution is 5.81. The van der Waals surface area contributed by atoms with Gasteiger partial charge in [0.2, 0.25) is 0 Å². The number of benzene rings is 1. The van der Waals surface area contributed by atoms with E-state index in [-0.39, 0.29) is 6.04 Å². The molecule has 0 radical (unpaired) electrons. The van der Waals surface area contributed by atoms with E-state index in [0.717, 1.165) is 22.2 Å². The fourth-order valence-electron chi connectivity index (χ4n) is 2.33. The van der Waals surface area contributed by atoms with Gasteiger partial charge in [-0.05, 0) is 18.6 Å². The van der Waals surface area contributed by atoms with Crippen LogP contribution in [0.25, 0.3) is 10.9 Å². The first-order chi connectivity index (χ1) is 9.65. The lowest BCUT2D eigenvalue weighted by Crippen LogP contribution is -2.17. The van der Waals surface area contributed by atoms with Gasteiger partial charge in [-0.3, -0.25) is 4.68 Å². The van der Waals surface area contributed by atoms with Gasteiger partial charge in [-0.25, -0.2) is 9.97 Å². The van der Waals surface area contributed by atoms with Gasteiger partial charge in [0.1, 0.15) is 5.82 Å². The third-order valence-electron chi connectivity index (χ3n) is 3.38. The van der Waals surface area contributed by atoms with Crippen LogP contribution in [0.3, 0.4) is 0 Å². The minimum absolute atomic E-state index is 0.242. The zero-order chi connectivity index (χ0) is 14.1. The third kappa shape index (κ3) is 2.28. The van der Waals surface area contributed by atoms with Crippen LogP contribution in [0, 0.1) is 6.92 Å². The number of rotatable bonds is 3. The van der Waals surface area contributed by atoms with Crippen LogP contribution in [0.5, 0.6) is 0 Å². The van der Waals surface area contributed by atoms with Crippen LogP contribution in [0.1, 0.15) is 23.1 Å². The van der Waals surface area contributed by atoms with Crippen molar-refractivity contribution in [3.63, 3.8) is 0 Å². The lowest BCUT2D eigenvalue weighted by Gasteiger charge is -2.08. The van der Waals surface area contributed by atoms with E-state index in [1.165, 1.54) is 0 Å². The van der Waals surface area contributed by atoms with E-state index < -0.39 is 0 Å². The Hall–Kier alpha value is -2.27. The largest absolute Gasteiger partial charge is 0.321 e. The summed E-state index contributed by atoms with van der Waals surface area (Å²) in [5.74, 6) is 0.658. The third-order valence-corrected chi connectivity index (χ3v) is 3.38. The molecule has 1 aromatic carbocycles. The van der Waals surface area contributed by atoms with Crippen LogP contribution in [-0.2, 0) is 13.5 Å². The Bertz CT molecular complexity index is 730. The molecule has 0 bridgehead atoms. The fourth-order valence-corrected chi connectivity index (χ4v) is 2.33. The molecular formula is C15H17N5. The number of fused-ring (bicyclic) bond motifs is 1. The fraction of sp³-hybridized carbons (Fsp3) is 0.267. The lowest BCUT2D eigenvalue weighted by atomic mass is 10.1. The molecule has 5 nitrogen and oxygen atoms in total. The van der Waals surface area contributed by atoms with Gasteiger partial charge < -0.3 is 5.73 Å². The summed E-state index contributed by atoms with van der Waals surface area (Å²) >= 11 is 0. The number of aryl methyl sites for hydroxylation is 2. The van der Waals surface area contributed by atoms with Crippen molar-refractivity contribution in [3.05, 3.63) is 53.7 Å². The summed E-state index contributed by atoms with van der Waals surface area (Å²) in [6, 6.07) is 7.91. The summed E-state index contributed by atoms with van der Waals surface area (Å²) in [6.07, 6.45) is 4.21. The number of para-hydroxylation sites is 1. The monoisotopic (exact) mass is 267 g/mol. The molecule has 5 heteroatoms. The molecule has 1 unspecified atom stereocenters. The molecule has 20 heavy (non-hydrogen) atoms. The second kappa shape index (κ2) is 5.02. The number of hydrogen-bond donors (Lipinski definition) is 1. The highest BCUT2D eigenvalue weighted by Gasteiger charge is 2.15. The van der Waals surface area contributed by atoms with Gasteiger partial charge in [0.15, 0.2) is 0 Å². The summed E-state index contributed by atoms with van der Waals surface area (Å²) in [5, 5.41) is 5.69. The number of hydrogen-bond acceptors (Lipinski definition) is 4. The van der Waals surface area contributed by atoms with E-state index in [0.29, 0.717) is 12.2 Å². The predicted octanol–water partition coefficient (Wildman–Crippen LogP) is 1.91. The Morgan fingerprint density at radius 2 is 1.90 bits per heavy atom. The molecule has 0 saturated heterocycles. The van der Waals surface area contributed by atoms with Gasteiger partial charge >= 0.3 is 0 Å². The highest BCUT2D eigenvalue weighted by Crippen LogP contribution is 2.21. The SMILES string of the molecule is Cc1cnc(C(N)Cc2nn(C)c3ccccc23)nc1. The van der Waals surface area contributed by atoms with Crippen molar-refractivity contribution in [2.75, 3.05) is 0 Å². The van der Waals surface area contributed by atoms with Gasteiger partial charge in [0, 0.05) is 31.2 Å². The molecule has 2 N–H and O–H groups in total. The second-order valence-electron chi connectivity index (χ2n) is 5.02. The summed E-state index contributed by atoms with van der Waals surface area (Å²) < 4.78 is 1.88. The van der Waals surface area contributed by atoms with Crippen molar-refractivity contribution in [3.8, 4) is 0 Å². The predicted molar refractivity (Wildman–Crippen MR) is 78.1 cm³/mol. The van der Waals surface area contributed by atoms with E-state index in [9.17, 15) is 0 Å². The van der Waals surface area contributed by atoms with Crippen LogP contribution in [0.2, 0.25) is 0 Å². The van der Waals surface area contributed by atoms with E-state index in [4.69, 9.17) is 5.73 Å². The summed E-state index contributed by atoms with van der Waals surface area (Å²) in [5.41, 5.74) is 9.33. The van der Waals surface area contributed by atoms with Crippen molar-refractivity contribution >= 4 is 10.9 Å². The quantitative estimate of drug-likeness (QED) is 0.787. The Balaban J connectivity index is 1.91. The molecule has 3 rings (SSSR count). The lowest BCUT2D eigenvalue weighted by molar-refractivity contribution is 0.643. The van der Waals surface area contributed by atoms with Gasteiger partial charge in [-0.2, -0.15) is 5.10 Å². The Labute approximate surface area is 117 Å². The van der Waals surface area contributed by atoms with Crippen LogP contribution in [-0.4, -0.2) is 19.7 Å². The standard InChI is InChI=1S/C15H17N5/c1-10-8-17-15(18-9-10)12(16)7-13-11-5-3-4-6-14(11)20(2)19-13/h3-6,8-9,12H,7,16H2,1-2H3. The molecule has 1 atom stereocenters. The maximum atomic E-state index is 6.20. The Morgan fingerprint density at radius 3 is 2.65 bits per heavy atom. The minimum Gasteiger partial charge on any atom is -0.321 e. The maximum Gasteiger partial charge on any atom is 0.145 e. The zero-order valence-corrected chi connectivity index (χ0v) is 11.6. The molecule has 0 amide bonds. The van der Waals surface area contributed by atoms with Crippen molar-refractivity contribution in [2.24, 2.45) is 12.8 Å². The molecule has 0 spiro atoms. The molecule has 102 valence electrons. The van der Waals surface area contributed by atoms with Crippen molar-refractivity contribution in [1.82, 2.24) is 19.7 Å². The van der Waals surface area contributed by atoms with Crippen molar-refractivity contribution in [1.29, 1.82) is 0 Å². The van der Waals surface area contributed by atoms with Crippen molar-refractivity contribution < 1.29 is 0 Å². The van der Waals surface area contributed by atoms with Crippen molar-refractivity contribution in [2.45, 2.75) is 19.4 Å². The first-order valence-electron chi connectivity index (χ1n) is 6.60. The van der Waals surface area contributed by atoms with Crippen LogP contribution in [0.15, 0.2) is 36.7 Å². The Morgan fingerprint density at radius 1 is 1.20 bits per heavy atom. The first-order valence-corrected chi connectivity index (χ1v) is 6.60. The Kier molecular flexibility index (Phi) is 3.20. The average molecular weight is 267 g/mol. The van der Waals surface area contributed by atoms with Gasteiger partial charge in [-0.1, -0.05) is 18.2 Å². The topological polar surface area (TPSA) is 69.6 Å². The molecule has 0 aliphatic carbocycles. The highest BCUT2D eigenvalue weighted by atomic mass is 15.3. The molecule has 3 aromatic rings. The first kappa shape index (κ1) is 12.7. The summed E-state index contributed by atoms with van der Waals surface area (Å²) in [6.45, 7) is 1.96. The molecule has 0 aliphatic heterocycles. The molecule has 2 aromatic heterocycles. The smallest absolute Gasteiger partial charge is 0.145 e. The molecule has 0 aliphatic rings. The van der Waals surface area contributed by atoms with E-state index in [1.54, 1.807) is 12.4 Å². The maximum absolute atomic E-state index is 6.20. The number of nitrogens with zero attached hydrogens (tertiary/aromatic N) is 4. The molecule has 0 saturated carbocycles. The van der Waals surface area contributed by atoms with Crippen LogP contribution < -0.4 is 5.73 Å². The van der Waals surface area contributed by atoms with Gasteiger partial charge in [-0.15, -0.1) is 0 Å². The average Bonchev–Trinajstić information content (AvgIpc) is 2.77. The number of aromatic nitrogens is 4. The second-order valence-corrected chi connectivity index (χ2v) is 5.02. The van der Waals surface area contributed by atoms with E-state index >= 15 is 0 Å². The minimum atomic E-state index is -0.242. The molecular weight excluding hydrogens is 250 g/mol. The van der Waals surface area contributed by atoms with Gasteiger partial charge in [0.05, 0.1) is 17.3 Å². The van der Waals surface area contributed by atoms with Crippen LogP contribution in [0.4, 0.5) is 0 Å². The van der Waals surface area contributed by atoms with E-state index in [2.05, 4.69) is 27.2 Å². The summed E-state index contributed by atoms with van der Waals surface area (Å²) in [7, 11) is 1.94. The molecule has 0 fully saturated rings. The zero-order valence-electron chi connectivity index (χ0n) is 11.6.